The number of pyridine rings is 1. The Morgan fingerprint density at radius 1 is 1.35 bits per heavy atom. The third-order valence-electron chi connectivity index (χ3n) is 1.99. The number of carboxylic acids is 1. The third-order valence-corrected chi connectivity index (χ3v) is 1.99. The lowest BCUT2D eigenvalue weighted by molar-refractivity contribution is -0.136. The van der Waals surface area contributed by atoms with Crippen LogP contribution in [-0.2, 0) is 17.8 Å². The van der Waals surface area contributed by atoms with Gasteiger partial charge in [0.05, 0.1) is 5.69 Å². The highest BCUT2D eigenvalue weighted by molar-refractivity contribution is 5.85. The zero-order chi connectivity index (χ0) is 11.3. The summed E-state index contributed by atoms with van der Waals surface area (Å²) in [4.78, 5) is 16.7. The molecule has 0 aliphatic heterocycles. The van der Waals surface area contributed by atoms with Crippen molar-refractivity contribution in [3.63, 3.8) is 0 Å². The van der Waals surface area contributed by atoms with Gasteiger partial charge in [0.2, 0.25) is 0 Å². The fraction of sp³-hybridized carbons (Fsp3) is 0.455. The van der Waals surface area contributed by atoms with Gasteiger partial charge in [-0.2, -0.15) is 0 Å². The van der Waals surface area contributed by atoms with Crippen LogP contribution in [0, 0.1) is 0 Å². The van der Waals surface area contributed by atoms with Crippen molar-refractivity contribution in [3.8, 4) is 0 Å². The SMILES string of the molecule is CN(C)Cc1ccc(CCC(=O)O)cn1.Cl.Cl. The Hall–Kier alpha value is -0.840. The minimum absolute atomic E-state index is 0. The predicted octanol–water partition coefficient (Wildman–Crippen LogP) is 2.00. The lowest BCUT2D eigenvalue weighted by Gasteiger charge is -2.08. The van der Waals surface area contributed by atoms with Crippen molar-refractivity contribution in [2.45, 2.75) is 19.4 Å². The van der Waals surface area contributed by atoms with Crippen LogP contribution in [0.25, 0.3) is 0 Å². The number of aromatic nitrogens is 1. The molecule has 98 valence electrons. The van der Waals surface area contributed by atoms with Crippen molar-refractivity contribution in [3.05, 3.63) is 29.6 Å². The maximum absolute atomic E-state index is 10.4. The lowest BCUT2D eigenvalue weighted by atomic mass is 10.1. The molecule has 1 aromatic heterocycles. The number of aryl methyl sites for hydroxylation is 1. The van der Waals surface area contributed by atoms with Gasteiger partial charge in [-0.15, -0.1) is 24.8 Å². The second-order valence-electron chi connectivity index (χ2n) is 3.79. The Morgan fingerprint density at radius 2 is 2.00 bits per heavy atom. The molecule has 0 aromatic carbocycles. The molecule has 17 heavy (non-hydrogen) atoms. The van der Waals surface area contributed by atoms with Gasteiger partial charge in [0, 0.05) is 19.2 Å². The molecule has 0 saturated heterocycles. The van der Waals surface area contributed by atoms with Crippen molar-refractivity contribution in [1.29, 1.82) is 0 Å². The Kier molecular flexibility index (Phi) is 10.0. The van der Waals surface area contributed by atoms with Gasteiger partial charge in [-0.1, -0.05) is 6.07 Å². The lowest BCUT2D eigenvalue weighted by Crippen LogP contribution is -2.11. The van der Waals surface area contributed by atoms with Crippen LogP contribution in [0.2, 0.25) is 0 Å². The first-order chi connectivity index (χ1) is 7.08. The minimum Gasteiger partial charge on any atom is -0.481 e. The van der Waals surface area contributed by atoms with Gasteiger partial charge in [-0.25, -0.2) is 0 Å². The standard InChI is InChI=1S/C11H16N2O2.2ClH/c1-13(2)8-10-5-3-9(7-12-10)4-6-11(14)15;;/h3,5,7H,4,6,8H2,1-2H3,(H,14,15);2*1H. The molecule has 0 amide bonds. The van der Waals surface area contributed by atoms with E-state index in [9.17, 15) is 4.79 Å². The van der Waals surface area contributed by atoms with Gasteiger partial charge in [0.1, 0.15) is 0 Å². The maximum atomic E-state index is 10.4. The molecule has 6 heteroatoms. The molecular weight excluding hydrogens is 263 g/mol. The van der Waals surface area contributed by atoms with Crippen molar-refractivity contribution in [1.82, 2.24) is 9.88 Å². The van der Waals surface area contributed by atoms with Crippen LogP contribution in [0.5, 0.6) is 0 Å². The first kappa shape index (κ1) is 18.5. The molecule has 0 saturated carbocycles. The van der Waals surface area contributed by atoms with E-state index in [0.29, 0.717) is 6.42 Å². The average Bonchev–Trinajstić information content (AvgIpc) is 2.16. The Balaban J connectivity index is 0. The summed E-state index contributed by atoms with van der Waals surface area (Å²) in [6.45, 7) is 0.805. The zero-order valence-corrected chi connectivity index (χ0v) is 11.6. The van der Waals surface area contributed by atoms with Gasteiger partial charge in [0.15, 0.2) is 0 Å². The smallest absolute Gasteiger partial charge is 0.303 e. The molecule has 1 N–H and O–H groups in total. The molecule has 1 heterocycles. The summed E-state index contributed by atoms with van der Waals surface area (Å²) in [6, 6.07) is 3.88. The van der Waals surface area contributed by atoms with Crippen molar-refractivity contribution in [2.75, 3.05) is 14.1 Å². The summed E-state index contributed by atoms with van der Waals surface area (Å²) < 4.78 is 0. The first-order valence-electron chi connectivity index (χ1n) is 4.88. The molecule has 0 aliphatic rings. The number of hydrogen-bond acceptors (Lipinski definition) is 3. The van der Waals surface area contributed by atoms with Crippen LogP contribution in [0.4, 0.5) is 0 Å². The van der Waals surface area contributed by atoms with E-state index in [0.717, 1.165) is 17.8 Å². The molecule has 1 rings (SSSR count). The number of carbonyl (C=O) groups is 1. The molecule has 0 atom stereocenters. The number of halogens is 2. The van der Waals surface area contributed by atoms with Crippen LogP contribution in [0.1, 0.15) is 17.7 Å². The molecule has 0 unspecified atom stereocenters. The number of nitrogens with zero attached hydrogens (tertiary/aromatic N) is 2. The average molecular weight is 281 g/mol. The summed E-state index contributed by atoms with van der Waals surface area (Å²) in [6.07, 6.45) is 2.46. The molecule has 0 bridgehead atoms. The molecular formula is C11H18Cl2N2O2. The maximum Gasteiger partial charge on any atom is 0.303 e. The van der Waals surface area contributed by atoms with Crippen LogP contribution < -0.4 is 0 Å². The van der Waals surface area contributed by atoms with Gasteiger partial charge in [-0.3, -0.25) is 9.78 Å². The van der Waals surface area contributed by atoms with Gasteiger partial charge >= 0.3 is 5.97 Å². The van der Waals surface area contributed by atoms with Crippen molar-refractivity contribution < 1.29 is 9.90 Å². The second kappa shape index (κ2) is 9.22. The van der Waals surface area contributed by atoms with E-state index in [1.165, 1.54) is 0 Å². The Bertz CT molecular complexity index is 329. The van der Waals surface area contributed by atoms with Crippen LogP contribution >= 0.6 is 24.8 Å². The van der Waals surface area contributed by atoms with E-state index in [-0.39, 0.29) is 31.2 Å². The highest BCUT2D eigenvalue weighted by atomic mass is 35.5. The van der Waals surface area contributed by atoms with Gasteiger partial charge < -0.3 is 10.0 Å². The van der Waals surface area contributed by atoms with E-state index in [1.807, 2.05) is 31.1 Å². The van der Waals surface area contributed by atoms with Crippen molar-refractivity contribution >= 4 is 30.8 Å². The summed E-state index contributed by atoms with van der Waals surface area (Å²) in [5.41, 5.74) is 1.97. The molecule has 0 spiro atoms. The van der Waals surface area contributed by atoms with E-state index < -0.39 is 5.97 Å². The van der Waals surface area contributed by atoms with E-state index in [4.69, 9.17) is 5.11 Å². The molecule has 0 radical (unpaired) electrons. The quantitative estimate of drug-likeness (QED) is 0.897. The summed E-state index contributed by atoms with van der Waals surface area (Å²) in [7, 11) is 3.97. The monoisotopic (exact) mass is 280 g/mol. The second-order valence-corrected chi connectivity index (χ2v) is 3.79. The first-order valence-corrected chi connectivity index (χ1v) is 4.88. The summed E-state index contributed by atoms with van der Waals surface area (Å²) in [5, 5.41) is 8.52. The Labute approximate surface area is 114 Å². The normalized spacial score (nSPS) is 9.35. The predicted molar refractivity (Wildman–Crippen MR) is 72.1 cm³/mol. The molecule has 0 fully saturated rings. The van der Waals surface area contributed by atoms with E-state index >= 15 is 0 Å². The molecule has 0 aliphatic carbocycles. The summed E-state index contributed by atoms with van der Waals surface area (Å²) in [5.74, 6) is -0.771. The summed E-state index contributed by atoms with van der Waals surface area (Å²) >= 11 is 0. The number of aliphatic carboxylic acids is 1. The van der Waals surface area contributed by atoms with Crippen LogP contribution in [0.3, 0.4) is 0 Å². The molecule has 1 aromatic rings. The highest BCUT2D eigenvalue weighted by Gasteiger charge is 2.00. The highest BCUT2D eigenvalue weighted by Crippen LogP contribution is 2.04. The van der Waals surface area contributed by atoms with Crippen LogP contribution in [0.15, 0.2) is 18.3 Å². The third kappa shape index (κ3) is 7.96. The number of rotatable bonds is 5. The van der Waals surface area contributed by atoms with Gasteiger partial charge in [-0.05, 0) is 32.1 Å². The topological polar surface area (TPSA) is 53.4 Å². The Morgan fingerprint density at radius 3 is 2.41 bits per heavy atom. The number of carboxylic acid groups (broad SMARTS) is 1. The van der Waals surface area contributed by atoms with Gasteiger partial charge in [0.25, 0.3) is 0 Å². The van der Waals surface area contributed by atoms with Crippen LogP contribution in [-0.4, -0.2) is 35.1 Å². The molecule has 4 nitrogen and oxygen atoms in total. The zero-order valence-electron chi connectivity index (χ0n) is 9.92. The fourth-order valence-electron chi connectivity index (χ4n) is 1.27. The van der Waals surface area contributed by atoms with Crippen molar-refractivity contribution in [2.24, 2.45) is 0 Å². The van der Waals surface area contributed by atoms with E-state index in [2.05, 4.69) is 4.98 Å². The largest absolute Gasteiger partial charge is 0.481 e. The fourth-order valence-corrected chi connectivity index (χ4v) is 1.27. The van der Waals surface area contributed by atoms with E-state index in [1.54, 1.807) is 6.20 Å². The number of hydrogen-bond donors (Lipinski definition) is 1. The minimum atomic E-state index is -0.771.